The van der Waals surface area contributed by atoms with Crippen molar-refractivity contribution in [2.75, 3.05) is 46.4 Å². The molecule has 1 saturated heterocycles. The highest BCUT2D eigenvalue weighted by molar-refractivity contribution is 5.83. The van der Waals surface area contributed by atoms with Gasteiger partial charge in [-0.2, -0.15) is 0 Å². The van der Waals surface area contributed by atoms with Gasteiger partial charge in [-0.25, -0.2) is 4.39 Å². The third kappa shape index (κ3) is 6.37. The van der Waals surface area contributed by atoms with Crippen molar-refractivity contribution >= 4 is 16.8 Å². The van der Waals surface area contributed by atoms with E-state index in [1.807, 2.05) is 36.5 Å². The number of nitrogens with zero attached hydrogens (tertiary/aromatic N) is 2. The van der Waals surface area contributed by atoms with Crippen molar-refractivity contribution in [3.63, 3.8) is 0 Å². The summed E-state index contributed by atoms with van der Waals surface area (Å²) in [5.41, 5.74) is 5.26. The normalized spacial score (nSPS) is 14.6. The van der Waals surface area contributed by atoms with Crippen LogP contribution in [-0.4, -0.2) is 67.1 Å². The molecular formula is C30H33FN4O2. The largest absolute Gasteiger partial charge is 0.483 e. The highest BCUT2D eigenvalue weighted by Gasteiger charge is 2.17. The topological polar surface area (TPSA) is 60.6 Å². The molecule has 6 nitrogen and oxygen atoms in total. The zero-order valence-corrected chi connectivity index (χ0v) is 21.2. The summed E-state index contributed by atoms with van der Waals surface area (Å²) in [5.74, 6) is 0.307. The number of hydrogen-bond donors (Lipinski definition) is 2. The van der Waals surface area contributed by atoms with Crippen LogP contribution >= 0.6 is 0 Å². The molecule has 7 heteroatoms. The van der Waals surface area contributed by atoms with Gasteiger partial charge in [0.25, 0.3) is 5.91 Å². The maximum absolute atomic E-state index is 13.4. The number of carbonyl (C=O) groups excluding carboxylic acids is 1. The molecule has 1 fully saturated rings. The van der Waals surface area contributed by atoms with Crippen LogP contribution in [0.2, 0.25) is 0 Å². The van der Waals surface area contributed by atoms with Crippen LogP contribution in [-0.2, 0) is 17.8 Å². The Hall–Kier alpha value is -3.68. The van der Waals surface area contributed by atoms with Gasteiger partial charge in [0.05, 0.1) is 0 Å². The second kappa shape index (κ2) is 11.6. The minimum Gasteiger partial charge on any atom is -0.483 e. The number of aromatic nitrogens is 1. The number of carbonyl (C=O) groups is 1. The van der Waals surface area contributed by atoms with Gasteiger partial charge in [0.15, 0.2) is 6.61 Å². The Labute approximate surface area is 217 Å². The van der Waals surface area contributed by atoms with Crippen LogP contribution in [0.4, 0.5) is 4.39 Å². The molecule has 1 amide bonds. The molecular weight excluding hydrogens is 467 g/mol. The standard InChI is InChI=1S/C30H33FN4O2/c1-34-14-16-35(17-15-34)20-25-18-23(22-6-9-26(31)10-7-22)8-11-29(25)37-21-30(36)32-13-12-24-19-33-28-5-3-2-4-27(24)28/h2-11,18-19,33H,12-17,20-21H2,1H3,(H,32,36). The first-order valence-corrected chi connectivity index (χ1v) is 12.8. The molecule has 0 aliphatic carbocycles. The summed E-state index contributed by atoms with van der Waals surface area (Å²) in [7, 11) is 2.14. The van der Waals surface area contributed by atoms with Crippen LogP contribution in [0.25, 0.3) is 22.0 Å². The van der Waals surface area contributed by atoms with Crippen LogP contribution in [0.5, 0.6) is 5.75 Å². The predicted molar refractivity (Wildman–Crippen MR) is 145 cm³/mol. The van der Waals surface area contributed by atoms with E-state index < -0.39 is 0 Å². The van der Waals surface area contributed by atoms with Gasteiger partial charge in [-0.05, 0) is 60.5 Å². The number of fused-ring (bicyclic) bond motifs is 1. The third-order valence-corrected chi connectivity index (χ3v) is 6.98. The van der Waals surface area contributed by atoms with Gasteiger partial charge < -0.3 is 19.9 Å². The van der Waals surface area contributed by atoms with Crippen LogP contribution in [0.15, 0.2) is 72.9 Å². The number of likely N-dealkylation sites (N-methyl/N-ethyl adjacent to an activating group) is 1. The second-order valence-corrected chi connectivity index (χ2v) is 9.66. The molecule has 1 aliphatic rings. The van der Waals surface area contributed by atoms with E-state index in [1.54, 1.807) is 12.1 Å². The minimum atomic E-state index is -0.253. The van der Waals surface area contributed by atoms with Crippen LogP contribution < -0.4 is 10.1 Å². The average Bonchev–Trinajstić information content (AvgIpc) is 3.33. The number of ether oxygens (including phenoxy) is 1. The summed E-state index contributed by atoms with van der Waals surface area (Å²) in [6.45, 7) is 5.23. The Kier molecular flexibility index (Phi) is 7.82. The summed E-state index contributed by atoms with van der Waals surface area (Å²) in [6, 6.07) is 20.7. The molecule has 3 aromatic carbocycles. The average molecular weight is 501 g/mol. The van der Waals surface area contributed by atoms with Crippen molar-refractivity contribution in [1.29, 1.82) is 0 Å². The lowest BCUT2D eigenvalue weighted by atomic mass is 10.0. The summed E-state index contributed by atoms with van der Waals surface area (Å²) < 4.78 is 19.4. The maximum Gasteiger partial charge on any atom is 0.257 e. The van der Waals surface area contributed by atoms with Crippen molar-refractivity contribution in [2.45, 2.75) is 13.0 Å². The van der Waals surface area contributed by atoms with Crippen molar-refractivity contribution in [2.24, 2.45) is 0 Å². The van der Waals surface area contributed by atoms with E-state index in [1.165, 1.54) is 23.1 Å². The van der Waals surface area contributed by atoms with E-state index in [9.17, 15) is 9.18 Å². The Bertz CT molecular complexity index is 1340. The highest BCUT2D eigenvalue weighted by atomic mass is 19.1. The Balaban J connectivity index is 1.22. The molecule has 2 N–H and O–H groups in total. The fourth-order valence-corrected chi connectivity index (χ4v) is 4.78. The van der Waals surface area contributed by atoms with Crippen molar-refractivity contribution in [1.82, 2.24) is 20.1 Å². The lowest BCUT2D eigenvalue weighted by Crippen LogP contribution is -2.43. The maximum atomic E-state index is 13.4. The first-order chi connectivity index (χ1) is 18.0. The molecule has 0 spiro atoms. The molecule has 0 unspecified atom stereocenters. The van der Waals surface area contributed by atoms with Gasteiger partial charge in [-0.1, -0.05) is 36.4 Å². The molecule has 2 heterocycles. The number of halogens is 1. The van der Waals surface area contributed by atoms with E-state index in [0.29, 0.717) is 12.3 Å². The number of piperazine rings is 1. The summed E-state index contributed by atoms with van der Waals surface area (Å²) in [6.07, 6.45) is 2.75. The number of H-pyrrole nitrogens is 1. The van der Waals surface area contributed by atoms with Gasteiger partial charge in [0.2, 0.25) is 0 Å². The van der Waals surface area contributed by atoms with E-state index in [0.717, 1.165) is 61.4 Å². The smallest absolute Gasteiger partial charge is 0.257 e. The molecule has 0 saturated carbocycles. The van der Waals surface area contributed by atoms with Crippen molar-refractivity contribution < 1.29 is 13.9 Å². The monoisotopic (exact) mass is 500 g/mol. The van der Waals surface area contributed by atoms with E-state index in [2.05, 4.69) is 39.3 Å². The van der Waals surface area contributed by atoms with E-state index in [4.69, 9.17) is 4.74 Å². The number of hydrogen-bond acceptors (Lipinski definition) is 4. The van der Waals surface area contributed by atoms with Gasteiger partial charge in [-0.3, -0.25) is 9.69 Å². The molecule has 1 aromatic heterocycles. The molecule has 0 radical (unpaired) electrons. The first kappa shape index (κ1) is 25.0. The molecule has 37 heavy (non-hydrogen) atoms. The number of rotatable bonds is 9. The Morgan fingerprint density at radius 3 is 2.54 bits per heavy atom. The number of amides is 1. The molecule has 1 aliphatic heterocycles. The zero-order valence-electron chi connectivity index (χ0n) is 21.2. The van der Waals surface area contributed by atoms with E-state index >= 15 is 0 Å². The lowest BCUT2D eigenvalue weighted by Gasteiger charge is -2.32. The van der Waals surface area contributed by atoms with Gasteiger partial charge in [0.1, 0.15) is 11.6 Å². The lowest BCUT2D eigenvalue weighted by molar-refractivity contribution is -0.123. The van der Waals surface area contributed by atoms with Gasteiger partial charge >= 0.3 is 0 Å². The molecule has 5 rings (SSSR count). The zero-order chi connectivity index (χ0) is 25.6. The number of benzene rings is 3. The number of aromatic amines is 1. The SMILES string of the molecule is CN1CCN(Cc2cc(-c3ccc(F)cc3)ccc2OCC(=O)NCCc2c[nH]c3ccccc23)CC1. The number of nitrogens with one attached hydrogen (secondary N) is 2. The van der Waals surface area contributed by atoms with Gasteiger partial charge in [-0.15, -0.1) is 0 Å². The summed E-state index contributed by atoms with van der Waals surface area (Å²) in [4.78, 5) is 20.6. The number of para-hydroxylation sites is 1. The minimum absolute atomic E-state index is 0.0421. The second-order valence-electron chi connectivity index (χ2n) is 9.66. The molecule has 0 bridgehead atoms. The molecule has 0 atom stereocenters. The quantitative estimate of drug-likeness (QED) is 0.356. The fourth-order valence-electron chi connectivity index (χ4n) is 4.78. The van der Waals surface area contributed by atoms with Crippen molar-refractivity contribution in [3.8, 4) is 16.9 Å². The predicted octanol–water partition coefficient (Wildman–Crippen LogP) is 4.46. The first-order valence-electron chi connectivity index (χ1n) is 12.8. The molecule has 4 aromatic rings. The van der Waals surface area contributed by atoms with Gasteiger partial charge in [0, 0.05) is 61.9 Å². The Morgan fingerprint density at radius 2 is 1.73 bits per heavy atom. The molecule has 192 valence electrons. The van der Waals surface area contributed by atoms with E-state index in [-0.39, 0.29) is 18.3 Å². The van der Waals surface area contributed by atoms with Crippen molar-refractivity contribution in [3.05, 3.63) is 89.9 Å². The summed E-state index contributed by atoms with van der Waals surface area (Å²) >= 11 is 0. The highest BCUT2D eigenvalue weighted by Crippen LogP contribution is 2.28. The van der Waals surface area contributed by atoms with Crippen LogP contribution in [0.3, 0.4) is 0 Å². The Morgan fingerprint density at radius 1 is 0.973 bits per heavy atom. The third-order valence-electron chi connectivity index (χ3n) is 6.98. The summed E-state index contributed by atoms with van der Waals surface area (Å²) in [5, 5.41) is 4.16. The van der Waals surface area contributed by atoms with Crippen LogP contribution in [0.1, 0.15) is 11.1 Å². The fraction of sp³-hybridized carbons (Fsp3) is 0.300. The van der Waals surface area contributed by atoms with Crippen LogP contribution in [0, 0.1) is 5.82 Å².